The molecule has 6 nitrogen and oxygen atoms in total. The van der Waals surface area contributed by atoms with Crippen LogP contribution < -0.4 is 0 Å². The summed E-state index contributed by atoms with van der Waals surface area (Å²) in [5.41, 5.74) is 2.10. The van der Waals surface area contributed by atoms with E-state index in [4.69, 9.17) is 8.94 Å². The van der Waals surface area contributed by atoms with Crippen molar-refractivity contribution in [3.8, 4) is 11.5 Å². The molecule has 0 amide bonds. The van der Waals surface area contributed by atoms with Crippen LogP contribution in [-0.2, 0) is 6.42 Å². The van der Waals surface area contributed by atoms with Gasteiger partial charge in [-0.05, 0) is 26.0 Å². The first kappa shape index (κ1) is 14.8. The van der Waals surface area contributed by atoms with E-state index in [1.807, 2.05) is 45.0 Å². The first-order valence-corrected chi connectivity index (χ1v) is 7.93. The van der Waals surface area contributed by atoms with Gasteiger partial charge in [0.1, 0.15) is 0 Å². The maximum absolute atomic E-state index is 5.69. The van der Waals surface area contributed by atoms with Crippen molar-refractivity contribution in [2.45, 2.75) is 37.7 Å². The van der Waals surface area contributed by atoms with Crippen molar-refractivity contribution in [2.75, 3.05) is 0 Å². The molecule has 0 N–H and O–H groups in total. The normalized spacial score (nSPS) is 12.5. The number of rotatable bonds is 5. The predicted molar refractivity (Wildman–Crippen MR) is 82.4 cm³/mol. The summed E-state index contributed by atoms with van der Waals surface area (Å²) < 4.78 is 10.9. The number of hydrogen-bond donors (Lipinski definition) is 0. The van der Waals surface area contributed by atoms with Crippen molar-refractivity contribution in [1.29, 1.82) is 0 Å². The minimum atomic E-state index is -0.0425. The maximum Gasteiger partial charge on any atom is 0.277 e. The summed E-state index contributed by atoms with van der Waals surface area (Å²) >= 11 is 1.40. The van der Waals surface area contributed by atoms with Crippen LogP contribution in [0.3, 0.4) is 0 Å². The first-order valence-electron chi connectivity index (χ1n) is 7.05. The van der Waals surface area contributed by atoms with Gasteiger partial charge in [0.05, 0.1) is 5.25 Å². The van der Waals surface area contributed by atoms with E-state index in [0.29, 0.717) is 22.8 Å². The van der Waals surface area contributed by atoms with Crippen LogP contribution in [-0.4, -0.2) is 20.3 Å². The minimum absolute atomic E-state index is 0.0425. The number of benzene rings is 1. The summed E-state index contributed by atoms with van der Waals surface area (Å²) in [6, 6.07) is 7.96. The van der Waals surface area contributed by atoms with Gasteiger partial charge in [0, 0.05) is 12.0 Å². The van der Waals surface area contributed by atoms with Gasteiger partial charge in [-0.2, -0.15) is 4.98 Å². The van der Waals surface area contributed by atoms with Gasteiger partial charge in [-0.3, -0.25) is 0 Å². The zero-order chi connectivity index (χ0) is 15.5. The summed E-state index contributed by atoms with van der Waals surface area (Å²) in [5, 5.41) is 12.5. The Bertz CT molecular complexity index is 751. The number of thioether (sulfide) groups is 1. The highest BCUT2D eigenvalue weighted by atomic mass is 32.2. The monoisotopic (exact) mass is 316 g/mol. The molecule has 0 aliphatic heterocycles. The average Bonchev–Trinajstić information content (AvgIpc) is 3.17. The van der Waals surface area contributed by atoms with Crippen molar-refractivity contribution >= 4 is 11.8 Å². The first-order chi connectivity index (χ1) is 10.7. The largest absolute Gasteiger partial charge is 0.411 e. The number of aromatic nitrogens is 4. The van der Waals surface area contributed by atoms with E-state index in [0.717, 1.165) is 12.0 Å². The van der Waals surface area contributed by atoms with E-state index in [1.165, 1.54) is 17.3 Å². The highest BCUT2D eigenvalue weighted by Gasteiger charge is 2.19. The van der Waals surface area contributed by atoms with E-state index in [9.17, 15) is 0 Å². The Morgan fingerprint density at radius 2 is 1.95 bits per heavy atom. The number of nitrogens with zero attached hydrogens (tertiary/aromatic N) is 4. The third kappa shape index (κ3) is 3.19. The molecule has 22 heavy (non-hydrogen) atoms. The van der Waals surface area contributed by atoms with Gasteiger partial charge in [-0.1, -0.05) is 41.5 Å². The van der Waals surface area contributed by atoms with Crippen LogP contribution in [0.4, 0.5) is 0 Å². The molecular weight excluding hydrogens is 300 g/mol. The second-order valence-electron chi connectivity index (χ2n) is 4.90. The Balaban J connectivity index is 1.72. The molecule has 3 rings (SSSR count). The Morgan fingerprint density at radius 1 is 1.18 bits per heavy atom. The van der Waals surface area contributed by atoms with Crippen molar-refractivity contribution in [2.24, 2.45) is 0 Å². The zero-order valence-corrected chi connectivity index (χ0v) is 13.4. The van der Waals surface area contributed by atoms with Gasteiger partial charge in [0.25, 0.3) is 5.22 Å². The van der Waals surface area contributed by atoms with Crippen molar-refractivity contribution in [3.05, 3.63) is 41.5 Å². The van der Waals surface area contributed by atoms with Crippen molar-refractivity contribution < 1.29 is 8.94 Å². The van der Waals surface area contributed by atoms with Crippen LogP contribution in [0.25, 0.3) is 11.5 Å². The molecule has 0 bridgehead atoms. The van der Waals surface area contributed by atoms with Gasteiger partial charge < -0.3 is 8.94 Å². The van der Waals surface area contributed by atoms with Gasteiger partial charge >= 0.3 is 0 Å². The number of aryl methyl sites for hydroxylation is 2. The molecule has 0 saturated heterocycles. The van der Waals surface area contributed by atoms with E-state index >= 15 is 0 Å². The van der Waals surface area contributed by atoms with Crippen LogP contribution in [0.5, 0.6) is 0 Å². The SMILES string of the molecule is CCc1noc(C(C)Sc2nnc(-c3ccc(C)cc3)o2)n1. The Morgan fingerprint density at radius 3 is 2.64 bits per heavy atom. The molecule has 7 heteroatoms. The van der Waals surface area contributed by atoms with Gasteiger partial charge in [0.2, 0.25) is 11.8 Å². The van der Waals surface area contributed by atoms with Crippen molar-refractivity contribution in [3.63, 3.8) is 0 Å². The molecule has 1 aromatic carbocycles. The third-order valence-electron chi connectivity index (χ3n) is 3.13. The van der Waals surface area contributed by atoms with Crippen LogP contribution in [0.2, 0.25) is 0 Å². The lowest BCUT2D eigenvalue weighted by atomic mass is 10.1. The van der Waals surface area contributed by atoms with E-state index < -0.39 is 0 Å². The standard InChI is InChI=1S/C15H16N4O2S/c1-4-12-16-13(21-19-12)10(3)22-15-18-17-14(20-15)11-7-5-9(2)6-8-11/h5-8,10H,4H2,1-3H3. The zero-order valence-electron chi connectivity index (χ0n) is 12.6. The molecule has 0 aliphatic carbocycles. The molecule has 0 spiro atoms. The van der Waals surface area contributed by atoms with Gasteiger partial charge in [0.15, 0.2) is 5.82 Å². The summed E-state index contributed by atoms with van der Waals surface area (Å²) in [5.74, 6) is 1.78. The second-order valence-corrected chi connectivity index (χ2v) is 6.19. The third-order valence-corrected chi connectivity index (χ3v) is 4.05. The van der Waals surface area contributed by atoms with E-state index in [1.54, 1.807) is 0 Å². The van der Waals surface area contributed by atoms with E-state index in [2.05, 4.69) is 20.3 Å². The molecule has 3 aromatic rings. The Kier molecular flexibility index (Phi) is 4.24. The molecule has 0 radical (unpaired) electrons. The Labute approximate surface area is 132 Å². The molecular formula is C15H16N4O2S. The predicted octanol–water partition coefficient (Wildman–Crippen LogP) is 3.84. The van der Waals surface area contributed by atoms with Crippen LogP contribution >= 0.6 is 11.8 Å². The molecule has 0 aliphatic rings. The summed E-state index contributed by atoms with van der Waals surface area (Å²) in [7, 11) is 0. The van der Waals surface area contributed by atoms with Crippen LogP contribution in [0.15, 0.2) is 38.4 Å². The fourth-order valence-corrected chi connectivity index (χ4v) is 2.56. The highest BCUT2D eigenvalue weighted by Crippen LogP contribution is 2.34. The fraction of sp³-hybridized carbons (Fsp3) is 0.333. The fourth-order valence-electron chi connectivity index (χ4n) is 1.85. The lowest BCUT2D eigenvalue weighted by molar-refractivity contribution is 0.374. The molecule has 2 aromatic heterocycles. The summed E-state index contributed by atoms with van der Waals surface area (Å²) in [6.45, 7) is 5.99. The van der Waals surface area contributed by atoms with Gasteiger partial charge in [-0.25, -0.2) is 0 Å². The second kappa shape index (κ2) is 6.31. The summed E-state index contributed by atoms with van der Waals surface area (Å²) in [6.07, 6.45) is 0.749. The average molecular weight is 316 g/mol. The molecule has 0 saturated carbocycles. The smallest absolute Gasteiger partial charge is 0.277 e. The van der Waals surface area contributed by atoms with Crippen molar-refractivity contribution in [1.82, 2.24) is 20.3 Å². The Hall–Kier alpha value is -2.15. The number of hydrogen-bond acceptors (Lipinski definition) is 7. The lowest BCUT2D eigenvalue weighted by Crippen LogP contribution is -1.90. The van der Waals surface area contributed by atoms with Gasteiger partial charge in [-0.15, -0.1) is 10.2 Å². The molecule has 114 valence electrons. The van der Waals surface area contributed by atoms with Crippen LogP contribution in [0, 0.1) is 6.92 Å². The molecule has 1 atom stereocenters. The topological polar surface area (TPSA) is 77.8 Å². The lowest BCUT2D eigenvalue weighted by Gasteiger charge is -2.00. The molecule has 2 heterocycles. The molecule has 0 fully saturated rings. The quantitative estimate of drug-likeness (QED) is 0.662. The molecule has 1 unspecified atom stereocenters. The minimum Gasteiger partial charge on any atom is -0.411 e. The maximum atomic E-state index is 5.69. The highest BCUT2D eigenvalue weighted by molar-refractivity contribution is 7.99. The van der Waals surface area contributed by atoms with E-state index in [-0.39, 0.29) is 5.25 Å². The van der Waals surface area contributed by atoms with Crippen LogP contribution in [0.1, 0.15) is 36.4 Å². The summed E-state index contributed by atoms with van der Waals surface area (Å²) in [4.78, 5) is 4.31.